The fourth-order valence-corrected chi connectivity index (χ4v) is 3.65. The number of benzene rings is 2. The molecule has 1 N–H and O–H groups in total. The van der Waals surface area contributed by atoms with E-state index in [1.165, 1.54) is 24.3 Å². The van der Waals surface area contributed by atoms with Crippen LogP contribution in [0.2, 0.25) is 10.0 Å². The first-order valence-electron chi connectivity index (χ1n) is 8.22. The number of carbonyl (C=O) groups is 1. The van der Waals surface area contributed by atoms with E-state index in [4.69, 9.17) is 28.0 Å². The third kappa shape index (κ3) is 3.56. The molecular formula is C19H14Cl2F3NO3. The molecule has 28 heavy (non-hydrogen) atoms. The van der Waals surface area contributed by atoms with Crippen molar-refractivity contribution in [3.8, 4) is 0 Å². The van der Waals surface area contributed by atoms with Gasteiger partial charge in [-0.05, 0) is 47.9 Å². The molecule has 0 saturated heterocycles. The van der Waals surface area contributed by atoms with Crippen LogP contribution in [0.5, 0.6) is 0 Å². The maximum Gasteiger partial charge on any atom is 0.435 e. The Morgan fingerprint density at radius 3 is 2.39 bits per heavy atom. The molecule has 0 aromatic heterocycles. The zero-order valence-electron chi connectivity index (χ0n) is 14.5. The largest absolute Gasteiger partial charge is 0.478 e. The molecule has 0 bridgehead atoms. The molecule has 3 rings (SSSR count). The van der Waals surface area contributed by atoms with Gasteiger partial charge in [0.05, 0.1) is 11.3 Å². The minimum atomic E-state index is -4.79. The van der Waals surface area contributed by atoms with Gasteiger partial charge in [0.2, 0.25) is 0 Å². The Morgan fingerprint density at radius 2 is 1.86 bits per heavy atom. The monoisotopic (exact) mass is 431 g/mol. The molecule has 1 heterocycles. The highest BCUT2D eigenvalue weighted by molar-refractivity contribution is 6.34. The molecule has 1 aliphatic heterocycles. The van der Waals surface area contributed by atoms with Crippen molar-refractivity contribution in [2.24, 2.45) is 5.16 Å². The van der Waals surface area contributed by atoms with Gasteiger partial charge in [-0.1, -0.05) is 41.3 Å². The summed E-state index contributed by atoms with van der Waals surface area (Å²) < 4.78 is 42.0. The van der Waals surface area contributed by atoms with E-state index in [0.717, 1.165) is 12.1 Å². The number of aromatic carboxylic acids is 1. The van der Waals surface area contributed by atoms with E-state index < -0.39 is 24.2 Å². The highest BCUT2D eigenvalue weighted by Gasteiger charge is 2.62. The Bertz CT molecular complexity index is 955. The van der Waals surface area contributed by atoms with Crippen molar-refractivity contribution in [3.63, 3.8) is 0 Å². The summed E-state index contributed by atoms with van der Waals surface area (Å²) in [6, 6.07) is 7.90. The van der Waals surface area contributed by atoms with Crippen molar-refractivity contribution in [2.45, 2.75) is 31.5 Å². The van der Waals surface area contributed by atoms with Crippen LogP contribution in [0.1, 0.15) is 40.4 Å². The molecule has 0 radical (unpaired) electrons. The summed E-state index contributed by atoms with van der Waals surface area (Å²) in [6.07, 6.45) is -4.98. The lowest BCUT2D eigenvalue weighted by Crippen LogP contribution is -2.42. The first kappa shape index (κ1) is 20.5. The third-order valence-electron chi connectivity index (χ3n) is 4.56. The number of hydrogen-bond donors (Lipinski definition) is 1. The second-order valence-corrected chi connectivity index (χ2v) is 7.19. The number of nitrogens with zero attached hydrogens (tertiary/aromatic N) is 1. The van der Waals surface area contributed by atoms with Crippen LogP contribution in [0.15, 0.2) is 41.6 Å². The molecule has 2 aromatic rings. The third-order valence-corrected chi connectivity index (χ3v) is 5.00. The summed E-state index contributed by atoms with van der Waals surface area (Å²) in [7, 11) is 0. The second-order valence-electron chi connectivity index (χ2n) is 6.32. The number of halogens is 5. The Morgan fingerprint density at radius 1 is 1.21 bits per heavy atom. The van der Waals surface area contributed by atoms with Gasteiger partial charge in [0, 0.05) is 22.0 Å². The van der Waals surface area contributed by atoms with Gasteiger partial charge in [-0.25, -0.2) is 4.79 Å². The topological polar surface area (TPSA) is 58.9 Å². The summed E-state index contributed by atoms with van der Waals surface area (Å²) in [6.45, 7) is 1.76. The summed E-state index contributed by atoms with van der Waals surface area (Å²) in [5.41, 5.74) is -1.98. The fourth-order valence-electron chi connectivity index (χ4n) is 3.12. The average Bonchev–Trinajstić information content (AvgIpc) is 3.07. The number of carboxylic acid groups (broad SMARTS) is 1. The standard InChI is InChI=1S/C19H14Cl2F3NO3/c1-2-10-5-11(3-4-15(10)17(26)27)16-9-18(28-25-16,19(22,23)24)12-6-13(20)8-14(21)7-12/h3-8H,2,9H2,1H3,(H,26,27). The van der Waals surface area contributed by atoms with Crippen molar-refractivity contribution >= 4 is 34.9 Å². The molecule has 0 spiro atoms. The number of carboxylic acids is 1. The SMILES string of the molecule is CCc1cc(C2=NOC(c3cc(Cl)cc(Cl)c3)(C(F)(F)F)C2)ccc1C(=O)O. The van der Waals surface area contributed by atoms with Gasteiger partial charge >= 0.3 is 12.1 Å². The van der Waals surface area contributed by atoms with Gasteiger partial charge in [-0.15, -0.1) is 0 Å². The second kappa shape index (κ2) is 7.29. The maximum atomic E-state index is 14.0. The molecule has 9 heteroatoms. The van der Waals surface area contributed by atoms with Gasteiger partial charge in [-0.3, -0.25) is 0 Å². The van der Waals surface area contributed by atoms with Crippen LogP contribution in [0, 0.1) is 0 Å². The smallest absolute Gasteiger partial charge is 0.435 e. The van der Waals surface area contributed by atoms with Crippen molar-refractivity contribution < 1.29 is 27.9 Å². The molecule has 1 aliphatic rings. The van der Waals surface area contributed by atoms with Gasteiger partial charge in [0.1, 0.15) is 0 Å². The average molecular weight is 432 g/mol. The van der Waals surface area contributed by atoms with Gasteiger partial charge in [0.15, 0.2) is 0 Å². The molecule has 4 nitrogen and oxygen atoms in total. The van der Waals surface area contributed by atoms with E-state index in [1.807, 2.05) is 0 Å². The maximum absolute atomic E-state index is 14.0. The molecule has 148 valence electrons. The van der Waals surface area contributed by atoms with Crippen molar-refractivity contribution in [1.29, 1.82) is 0 Å². The van der Waals surface area contributed by atoms with E-state index in [1.54, 1.807) is 6.92 Å². The zero-order valence-corrected chi connectivity index (χ0v) is 16.0. The van der Waals surface area contributed by atoms with E-state index in [2.05, 4.69) is 5.16 Å². The van der Waals surface area contributed by atoms with Crippen LogP contribution in [0.4, 0.5) is 13.2 Å². The number of hydrogen-bond acceptors (Lipinski definition) is 3. The summed E-state index contributed by atoms with van der Waals surface area (Å²) in [4.78, 5) is 16.2. The zero-order chi connectivity index (χ0) is 20.7. The molecule has 1 atom stereocenters. The van der Waals surface area contributed by atoms with Crippen molar-refractivity contribution in [1.82, 2.24) is 0 Å². The summed E-state index contributed by atoms with van der Waals surface area (Å²) >= 11 is 11.8. The first-order chi connectivity index (χ1) is 13.1. The highest BCUT2D eigenvalue weighted by Crippen LogP contribution is 2.49. The minimum Gasteiger partial charge on any atom is -0.478 e. The van der Waals surface area contributed by atoms with Crippen molar-refractivity contribution in [3.05, 3.63) is 68.7 Å². The van der Waals surface area contributed by atoms with Crippen LogP contribution in [0.3, 0.4) is 0 Å². The lowest BCUT2D eigenvalue weighted by Gasteiger charge is -2.29. The molecule has 0 saturated carbocycles. The minimum absolute atomic E-state index is 0.0438. The van der Waals surface area contributed by atoms with E-state index in [0.29, 0.717) is 17.5 Å². The van der Waals surface area contributed by atoms with Crippen LogP contribution < -0.4 is 0 Å². The van der Waals surface area contributed by atoms with Gasteiger partial charge in [-0.2, -0.15) is 13.2 Å². The quantitative estimate of drug-likeness (QED) is 0.661. The Hall–Kier alpha value is -2.25. The summed E-state index contributed by atoms with van der Waals surface area (Å²) in [5, 5.41) is 13.0. The molecule has 0 amide bonds. The summed E-state index contributed by atoms with van der Waals surface area (Å²) in [5.74, 6) is -1.11. The number of alkyl halides is 3. The van der Waals surface area contributed by atoms with Crippen LogP contribution >= 0.6 is 23.2 Å². The number of rotatable bonds is 4. The van der Waals surface area contributed by atoms with Gasteiger partial charge in [0.25, 0.3) is 5.60 Å². The van der Waals surface area contributed by atoms with E-state index >= 15 is 0 Å². The van der Waals surface area contributed by atoms with Gasteiger partial charge < -0.3 is 9.94 Å². The van der Waals surface area contributed by atoms with E-state index in [9.17, 15) is 23.1 Å². The molecule has 0 aliphatic carbocycles. The lowest BCUT2D eigenvalue weighted by molar-refractivity contribution is -0.275. The molecule has 1 unspecified atom stereocenters. The Kier molecular flexibility index (Phi) is 5.34. The highest BCUT2D eigenvalue weighted by atomic mass is 35.5. The van der Waals surface area contributed by atoms with Crippen LogP contribution in [0.25, 0.3) is 0 Å². The lowest BCUT2D eigenvalue weighted by atomic mass is 9.86. The predicted octanol–water partition coefficient (Wildman–Crippen LogP) is 5.84. The van der Waals surface area contributed by atoms with Crippen molar-refractivity contribution in [2.75, 3.05) is 0 Å². The molecule has 0 fully saturated rings. The first-order valence-corrected chi connectivity index (χ1v) is 8.98. The molecular weight excluding hydrogens is 418 g/mol. The Labute approximate surface area is 168 Å². The molecule has 2 aromatic carbocycles. The van der Waals surface area contributed by atoms with E-state index in [-0.39, 0.29) is 26.9 Å². The Balaban J connectivity index is 2.03. The van der Waals surface area contributed by atoms with Crippen LogP contribution in [-0.2, 0) is 16.9 Å². The fraction of sp³-hybridized carbons (Fsp3) is 0.263. The number of aryl methyl sites for hydroxylation is 1. The normalized spacial score (nSPS) is 19.3. The number of oxime groups is 1. The predicted molar refractivity (Wildman–Crippen MR) is 99.2 cm³/mol. The van der Waals surface area contributed by atoms with Crippen LogP contribution in [-0.4, -0.2) is 23.0 Å².